The lowest BCUT2D eigenvalue weighted by atomic mass is 10.1. The van der Waals surface area contributed by atoms with Crippen LogP contribution in [0.15, 0.2) is 77.7 Å². The van der Waals surface area contributed by atoms with E-state index < -0.39 is 10.0 Å². The largest absolute Gasteiger partial charge is 0.322 e. The van der Waals surface area contributed by atoms with Crippen LogP contribution in [0.1, 0.15) is 46.5 Å². The highest BCUT2D eigenvalue weighted by Crippen LogP contribution is 2.29. The maximum atomic E-state index is 12.9. The maximum Gasteiger partial charge on any atom is 0.258 e. The zero-order valence-corrected chi connectivity index (χ0v) is 19.9. The summed E-state index contributed by atoms with van der Waals surface area (Å²) >= 11 is 0. The van der Waals surface area contributed by atoms with Gasteiger partial charge in [-0.3, -0.25) is 9.59 Å². The standard InChI is InChI=1S/C26H27N3O4S/c1-3-18(2)28-34(32,33)23-14-10-20(11-15-23)25(30)27-22-12-8-21(9-13-22)26(31)29-17-16-19-6-4-5-7-24(19)29/h4-15,18,28H,3,16-17H2,1-2H3,(H,27,30). The lowest BCUT2D eigenvalue weighted by Crippen LogP contribution is -2.32. The van der Waals surface area contributed by atoms with Crippen molar-refractivity contribution in [2.45, 2.75) is 37.6 Å². The van der Waals surface area contributed by atoms with E-state index in [4.69, 9.17) is 0 Å². The third kappa shape index (κ3) is 5.03. The number of amides is 2. The number of hydrogen-bond acceptors (Lipinski definition) is 4. The topological polar surface area (TPSA) is 95.6 Å². The molecule has 1 unspecified atom stereocenters. The molecule has 2 N–H and O–H groups in total. The average Bonchev–Trinajstić information content (AvgIpc) is 3.28. The van der Waals surface area contributed by atoms with Gasteiger partial charge in [0.05, 0.1) is 4.90 Å². The Bertz CT molecular complexity index is 1300. The van der Waals surface area contributed by atoms with E-state index in [1.54, 1.807) is 36.1 Å². The molecule has 3 aromatic carbocycles. The van der Waals surface area contributed by atoms with Crippen molar-refractivity contribution < 1.29 is 18.0 Å². The second-order valence-electron chi connectivity index (χ2n) is 8.32. The van der Waals surface area contributed by atoms with Gasteiger partial charge in [0.2, 0.25) is 10.0 Å². The fourth-order valence-corrected chi connectivity index (χ4v) is 5.13. The molecule has 1 aliphatic heterocycles. The molecular weight excluding hydrogens is 450 g/mol. The molecule has 1 aliphatic rings. The van der Waals surface area contributed by atoms with Crippen LogP contribution in [0.5, 0.6) is 0 Å². The third-order valence-corrected chi connectivity index (χ3v) is 7.52. The summed E-state index contributed by atoms with van der Waals surface area (Å²) in [6.07, 6.45) is 1.51. The van der Waals surface area contributed by atoms with E-state index in [0.29, 0.717) is 29.8 Å². The van der Waals surface area contributed by atoms with E-state index in [9.17, 15) is 18.0 Å². The van der Waals surface area contributed by atoms with Crippen LogP contribution in [-0.4, -0.2) is 32.8 Å². The Balaban J connectivity index is 1.41. The molecule has 0 fully saturated rings. The number of carbonyl (C=O) groups is 2. The fraction of sp³-hybridized carbons (Fsp3) is 0.231. The van der Waals surface area contributed by atoms with Crippen molar-refractivity contribution in [3.05, 3.63) is 89.5 Å². The summed E-state index contributed by atoms with van der Waals surface area (Å²) < 4.78 is 27.4. The minimum absolute atomic E-state index is 0.0781. The number of nitrogens with one attached hydrogen (secondary N) is 2. The number of para-hydroxylation sites is 1. The Morgan fingerprint density at radius 2 is 1.59 bits per heavy atom. The van der Waals surface area contributed by atoms with Gasteiger partial charge in [-0.25, -0.2) is 13.1 Å². The van der Waals surface area contributed by atoms with Crippen LogP contribution in [0.25, 0.3) is 0 Å². The Morgan fingerprint density at radius 3 is 2.26 bits per heavy atom. The van der Waals surface area contributed by atoms with E-state index in [1.807, 2.05) is 31.2 Å². The van der Waals surface area contributed by atoms with E-state index in [-0.39, 0.29) is 22.8 Å². The summed E-state index contributed by atoms with van der Waals surface area (Å²) in [6.45, 7) is 4.34. The number of rotatable bonds is 7. The molecule has 0 aromatic heterocycles. The van der Waals surface area contributed by atoms with Gasteiger partial charge >= 0.3 is 0 Å². The summed E-state index contributed by atoms with van der Waals surface area (Å²) in [7, 11) is -3.63. The zero-order valence-electron chi connectivity index (χ0n) is 19.1. The van der Waals surface area contributed by atoms with Gasteiger partial charge in [0.15, 0.2) is 0 Å². The van der Waals surface area contributed by atoms with Gasteiger partial charge in [0.25, 0.3) is 11.8 Å². The quantitative estimate of drug-likeness (QED) is 0.533. The molecule has 7 nitrogen and oxygen atoms in total. The minimum atomic E-state index is -3.63. The zero-order chi connectivity index (χ0) is 24.3. The fourth-order valence-electron chi connectivity index (χ4n) is 3.81. The van der Waals surface area contributed by atoms with Crippen LogP contribution in [-0.2, 0) is 16.4 Å². The van der Waals surface area contributed by atoms with Gasteiger partial charge in [-0.1, -0.05) is 25.1 Å². The van der Waals surface area contributed by atoms with E-state index in [1.165, 1.54) is 24.3 Å². The normalized spacial score (nSPS) is 13.9. The first-order valence-electron chi connectivity index (χ1n) is 11.2. The van der Waals surface area contributed by atoms with Crippen LogP contribution in [0.3, 0.4) is 0 Å². The Labute approximate surface area is 199 Å². The van der Waals surface area contributed by atoms with Crippen molar-refractivity contribution in [3.63, 3.8) is 0 Å². The molecule has 0 saturated heterocycles. The number of sulfonamides is 1. The van der Waals surface area contributed by atoms with Gasteiger partial charge in [0, 0.05) is 35.1 Å². The van der Waals surface area contributed by atoms with Crippen LogP contribution in [0.2, 0.25) is 0 Å². The molecule has 1 atom stereocenters. The van der Waals surface area contributed by atoms with Crippen LogP contribution < -0.4 is 14.9 Å². The second kappa shape index (κ2) is 9.79. The molecule has 34 heavy (non-hydrogen) atoms. The van der Waals surface area contributed by atoms with E-state index in [2.05, 4.69) is 10.0 Å². The summed E-state index contributed by atoms with van der Waals surface area (Å²) in [6, 6.07) is 20.2. The highest BCUT2D eigenvalue weighted by Gasteiger charge is 2.25. The molecule has 2 amide bonds. The Morgan fingerprint density at radius 1 is 0.941 bits per heavy atom. The van der Waals surface area contributed by atoms with Gasteiger partial charge in [-0.2, -0.15) is 0 Å². The molecule has 1 heterocycles. The Kier molecular flexibility index (Phi) is 6.81. The molecular formula is C26H27N3O4S. The predicted molar refractivity (Wildman–Crippen MR) is 133 cm³/mol. The average molecular weight is 478 g/mol. The van der Waals surface area contributed by atoms with Gasteiger partial charge in [0.1, 0.15) is 0 Å². The number of benzene rings is 3. The lowest BCUT2D eigenvalue weighted by Gasteiger charge is -2.17. The summed E-state index contributed by atoms with van der Waals surface area (Å²) in [5, 5.41) is 2.78. The monoisotopic (exact) mass is 477 g/mol. The third-order valence-electron chi connectivity index (χ3n) is 5.92. The number of carbonyl (C=O) groups excluding carboxylic acids is 2. The number of anilines is 2. The molecule has 0 aliphatic carbocycles. The van der Waals surface area contributed by atoms with Crippen molar-refractivity contribution in [1.29, 1.82) is 0 Å². The predicted octanol–water partition coefficient (Wildman–Crippen LogP) is 4.22. The first-order valence-corrected chi connectivity index (χ1v) is 12.7. The smallest absolute Gasteiger partial charge is 0.258 e. The maximum absolute atomic E-state index is 12.9. The van der Waals surface area contributed by atoms with E-state index in [0.717, 1.165) is 17.7 Å². The first-order chi connectivity index (χ1) is 16.3. The van der Waals surface area contributed by atoms with Crippen molar-refractivity contribution in [1.82, 2.24) is 4.72 Å². The second-order valence-corrected chi connectivity index (χ2v) is 10.0. The highest BCUT2D eigenvalue weighted by atomic mass is 32.2. The van der Waals surface area contributed by atoms with Crippen molar-refractivity contribution in [2.24, 2.45) is 0 Å². The number of nitrogens with zero attached hydrogens (tertiary/aromatic N) is 1. The SMILES string of the molecule is CCC(C)NS(=O)(=O)c1ccc(C(=O)Nc2ccc(C(=O)N3CCc4ccccc43)cc2)cc1. The van der Waals surface area contributed by atoms with Crippen molar-refractivity contribution in [3.8, 4) is 0 Å². The molecule has 0 bridgehead atoms. The summed E-state index contributed by atoms with van der Waals surface area (Å²) in [5.41, 5.74) is 3.51. The van der Waals surface area contributed by atoms with Gasteiger partial charge < -0.3 is 10.2 Å². The van der Waals surface area contributed by atoms with E-state index >= 15 is 0 Å². The Hall–Kier alpha value is -3.49. The lowest BCUT2D eigenvalue weighted by molar-refractivity contribution is 0.0988. The summed E-state index contributed by atoms with van der Waals surface area (Å²) in [4.78, 5) is 27.4. The molecule has 0 spiro atoms. The molecule has 8 heteroatoms. The molecule has 3 aromatic rings. The van der Waals surface area contributed by atoms with Crippen molar-refractivity contribution in [2.75, 3.05) is 16.8 Å². The molecule has 0 radical (unpaired) electrons. The highest BCUT2D eigenvalue weighted by molar-refractivity contribution is 7.89. The van der Waals surface area contributed by atoms with Crippen molar-refractivity contribution >= 4 is 33.2 Å². The molecule has 4 rings (SSSR count). The summed E-state index contributed by atoms with van der Waals surface area (Å²) in [5.74, 6) is -0.447. The molecule has 176 valence electrons. The van der Waals surface area contributed by atoms with Gasteiger partial charge in [-0.05, 0) is 79.9 Å². The number of hydrogen-bond donors (Lipinski definition) is 2. The number of fused-ring (bicyclic) bond motifs is 1. The van der Waals surface area contributed by atoms with Crippen LogP contribution >= 0.6 is 0 Å². The molecule has 0 saturated carbocycles. The van der Waals surface area contributed by atoms with Crippen LogP contribution in [0, 0.1) is 0 Å². The first kappa shape index (κ1) is 23.7. The minimum Gasteiger partial charge on any atom is -0.322 e. The van der Waals surface area contributed by atoms with Crippen LogP contribution in [0.4, 0.5) is 11.4 Å². The van der Waals surface area contributed by atoms with Gasteiger partial charge in [-0.15, -0.1) is 0 Å².